The molecular weight excluding hydrogens is 466 g/mol. The van der Waals surface area contributed by atoms with E-state index in [0.29, 0.717) is 39.5 Å². The average Bonchev–Trinajstić information content (AvgIpc) is 3.32. The minimum Gasteiger partial charge on any atom is -0.508 e. The van der Waals surface area contributed by atoms with E-state index in [0.717, 1.165) is 0 Å². The number of hydrogen-bond donors (Lipinski definition) is 3. The average molecular weight is 488 g/mol. The number of aryl methyl sites for hydroxylation is 2. The van der Waals surface area contributed by atoms with Crippen molar-refractivity contribution >= 4 is 0 Å². The van der Waals surface area contributed by atoms with E-state index >= 15 is 0 Å². The van der Waals surface area contributed by atoms with Crippen molar-refractivity contribution in [2.75, 3.05) is 0 Å². The summed E-state index contributed by atoms with van der Waals surface area (Å²) in [6.45, 7) is 3.45. The van der Waals surface area contributed by atoms with Gasteiger partial charge in [0.15, 0.2) is 0 Å². The van der Waals surface area contributed by atoms with Gasteiger partial charge in [-0.05, 0) is 80.1 Å². The first-order valence-electron chi connectivity index (χ1n) is 11.2. The highest BCUT2D eigenvalue weighted by Crippen LogP contribution is 2.33. The molecule has 0 saturated heterocycles. The zero-order valence-electron chi connectivity index (χ0n) is 19.4. The number of aromatic amines is 2. The van der Waals surface area contributed by atoms with Crippen LogP contribution in [0, 0.1) is 25.5 Å². The largest absolute Gasteiger partial charge is 0.508 e. The molecule has 7 nitrogen and oxygen atoms in total. The number of H-pyrrole nitrogens is 2. The van der Waals surface area contributed by atoms with Crippen LogP contribution in [0.15, 0.2) is 82.4 Å². The molecule has 0 saturated carbocycles. The molecule has 2 heterocycles. The van der Waals surface area contributed by atoms with Gasteiger partial charge in [0.1, 0.15) is 17.4 Å². The van der Waals surface area contributed by atoms with E-state index in [9.17, 15) is 23.5 Å². The van der Waals surface area contributed by atoms with Crippen LogP contribution in [0.25, 0.3) is 11.4 Å². The molecule has 3 N–H and O–H groups in total. The molecule has 5 rings (SSSR count). The van der Waals surface area contributed by atoms with Gasteiger partial charge in [-0.15, -0.1) is 0 Å². The van der Waals surface area contributed by atoms with Crippen molar-refractivity contribution in [2.45, 2.75) is 19.8 Å². The van der Waals surface area contributed by atoms with Crippen LogP contribution in [0.4, 0.5) is 8.78 Å². The van der Waals surface area contributed by atoms with E-state index in [1.165, 1.54) is 70.0 Å². The van der Waals surface area contributed by atoms with E-state index in [4.69, 9.17) is 0 Å². The first-order valence-corrected chi connectivity index (χ1v) is 11.2. The molecule has 0 amide bonds. The van der Waals surface area contributed by atoms with Crippen LogP contribution in [-0.4, -0.2) is 24.7 Å². The van der Waals surface area contributed by atoms with Gasteiger partial charge in [0.2, 0.25) is 0 Å². The van der Waals surface area contributed by atoms with Crippen LogP contribution in [-0.2, 0) is 0 Å². The highest BCUT2D eigenvalue weighted by Gasteiger charge is 2.30. The molecule has 36 heavy (non-hydrogen) atoms. The Hall–Kier alpha value is -4.66. The lowest BCUT2D eigenvalue weighted by Gasteiger charge is -2.16. The monoisotopic (exact) mass is 488 g/mol. The molecule has 0 spiro atoms. The Balaban J connectivity index is 1.75. The van der Waals surface area contributed by atoms with Crippen molar-refractivity contribution in [3.63, 3.8) is 0 Å². The normalized spacial score (nSPS) is 11.4. The van der Waals surface area contributed by atoms with Gasteiger partial charge in [0.25, 0.3) is 11.1 Å². The minimum absolute atomic E-state index is 0.0431. The van der Waals surface area contributed by atoms with Crippen LogP contribution >= 0.6 is 0 Å². The third kappa shape index (κ3) is 3.94. The molecule has 0 fully saturated rings. The number of phenols is 1. The number of halogens is 2. The number of aromatic nitrogens is 4. The maximum Gasteiger partial charge on any atom is 0.275 e. The van der Waals surface area contributed by atoms with Crippen LogP contribution < -0.4 is 11.1 Å². The van der Waals surface area contributed by atoms with Crippen molar-refractivity contribution in [3.05, 3.63) is 133 Å². The highest BCUT2D eigenvalue weighted by molar-refractivity contribution is 5.48. The lowest BCUT2D eigenvalue weighted by atomic mass is 9.85. The molecule has 2 aromatic heterocycles. The Morgan fingerprint density at radius 2 is 1.06 bits per heavy atom. The van der Waals surface area contributed by atoms with Crippen molar-refractivity contribution in [1.82, 2.24) is 19.6 Å². The number of rotatable bonds is 5. The predicted octanol–water partition coefficient (Wildman–Crippen LogP) is 4.43. The second kappa shape index (κ2) is 8.84. The zero-order chi connectivity index (χ0) is 25.6. The fourth-order valence-electron chi connectivity index (χ4n) is 4.49. The maximum atomic E-state index is 13.7. The summed E-state index contributed by atoms with van der Waals surface area (Å²) in [4.78, 5) is 27.4. The fourth-order valence-corrected chi connectivity index (χ4v) is 4.49. The highest BCUT2D eigenvalue weighted by atomic mass is 19.1. The summed E-state index contributed by atoms with van der Waals surface area (Å²) in [7, 11) is 0. The van der Waals surface area contributed by atoms with Crippen LogP contribution in [0.2, 0.25) is 0 Å². The lowest BCUT2D eigenvalue weighted by Crippen LogP contribution is -2.25. The van der Waals surface area contributed by atoms with Crippen LogP contribution in [0.5, 0.6) is 5.75 Å². The van der Waals surface area contributed by atoms with Gasteiger partial charge in [-0.3, -0.25) is 19.8 Å². The Labute approximate surface area is 203 Å². The molecule has 0 atom stereocenters. The Bertz CT molecular complexity index is 1560. The molecule has 3 aromatic carbocycles. The number of benzene rings is 3. The number of hydrogen-bond acceptors (Lipinski definition) is 3. The minimum atomic E-state index is -0.790. The predicted molar refractivity (Wildman–Crippen MR) is 131 cm³/mol. The van der Waals surface area contributed by atoms with Gasteiger partial charge in [-0.2, -0.15) is 0 Å². The molecule has 182 valence electrons. The second-order valence-corrected chi connectivity index (χ2v) is 8.56. The molecular formula is C27H22F2N4O3. The number of phenolic OH excluding ortho intramolecular Hbond substituents is 1. The second-order valence-electron chi connectivity index (χ2n) is 8.56. The van der Waals surface area contributed by atoms with Gasteiger partial charge < -0.3 is 5.11 Å². The third-order valence-corrected chi connectivity index (χ3v) is 6.21. The van der Waals surface area contributed by atoms with Crippen molar-refractivity contribution in [2.24, 2.45) is 0 Å². The summed E-state index contributed by atoms with van der Waals surface area (Å²) in [5.41, 5.74) is 2.40. The summed E-state index contributed by atoms with van der Waals surface area (Å²) in [6, 6.07) is 17.2. The quantitative estimate of drug-likeness (QED) is 0.342. The van der Waals surface area contributed by atoms with E-state index < -0.39 is 28.7 Å². The van der Waals surface area contributed by atoms with Gasteiger partial charge in [0.05, 0.1) is 22.5 Å². The van der Waals surface area contributed by atoms with E-state index in [2.05, 4.69) is 10.2 Å². The SMILES string of the molecule is Cc1[nH]n(-c2ccc(F)cc2)c(=O)c1C(c1ccc(O)cc1)c1c(C)[nH]n(-c2ccc(F)cc2)c1=O. The summed E-state index contributed by atoms with van der Waals surface area (Å²) in [6.07, 6.45) is 0. The number of nitrogens with zero attached hydrogens (tertiary/aromatic N) is 2. The number of nitrogens with one attached hydrogen (secondary N) is 2. The first kappa shape index (κ1) is 23.1. The third-order valence-electron chi connectivity index (χ3n) is 6.21. The lowest BCUT2D eigenvalue weighted by molar-refractivity contribution is 0.475. The van der Waals surface area contributed by atoms with Crippen LogP contribution in [0.1, 0.15) is 34.0 Å². The maximum absolute atomic E-state index is 13.7. The summed E-state index contributed by atoms with van der Waals surface area (Å²) >= 11 is 0. The topological polar surface area (TPSA) is 95.8 Å². The zero-order valence-corrected chi connectivity index (χ0v) is 19.4. The van der Waals surface area contributed by atoms with Gasteiger partial charge in [-0.1, -0.05) is 12.1 Å². The molecule has 0 aliphatic rings. The smallest absolute Gasteiger partial charge is 0.275 e. The van der Waals surface area contributed by atoms with Gasteiger partial charge in [0, 0.05) is 17.3 Å². The van der Waals surface area contributed by atoms with Crippen molar-refractivity contribution in [3.8, 4) is 17.1 Å². The standard InChI is InChI=1S/C27H22F2N4O3/c1-15-23(26(35)32(30-15)20-9-5-18(28)6-10-20)25(17-3-13-22(34)14-4-17)24-16(2)31-33(27(24)36)21-11-7-19(29)8-12-21/h3-14,25,30-31,34H,1-2H3. The molecule has 0 bridgehead atoms. The molecule has 0 radical (unpaired) electrons. The van der Waals surface area contributed by atoms with Crippen molar-refractivity contribution < 1.29 is 13.9 Å². The van der Waals surface area contributed by atoms with E-state index in [-0.39, 0.29) is 5.75 Å². The van der Waals surface area contributed by atoms with Crippen molar-refractivity contribution in [1.29, 1.82) is 0 Å². The molecule has 5 aromatic rings. The Morgan fingerprint density at radius 3 is 1.44 bits per heavy atom. The van der Waals surface area contributed by atoms with Gasteiger partial charge >= 0.3 is 0 Å². The molecule has 0 unspecified atom stereocenters. The Kier molecular flexibility index (Phi) is 5.68. The molecule has 9 heteroatoms. The summed E-state index contributed by atoms with van der Waals surface area (Å²) in [5, 5.41) is 15.9. The Morgan fingerprint density at radius 1 is 0.667 bits per heavy atom. The number of aromatic hydroxyl groups is 1. The molecule has 0 aliphatic heterocycles. The summed E-state index contributed by atoms with van der Waals surface area (Å²) < 4.78 is 29.5. The van der Waals surface area contributed by atoms with E-state index in [1.54, 1.807) is 26.0 Å². The first-order chi connectivity index (χ1) is 17.2. The van der Waals surface area contributed by atoms with Crippen LogP contribution in [0.3, 0.4) is 0 Å². The van der Waals surface area contributed by atoms with E-state index in [1.807, 2.05) is 0 Å². The summed E-state index contributed by atoms with van der Waals surface area (Å²) in [5.74, 6) is -1.61. The van der Waals surface area contributed by atoms with Gasteiger partial charge in [-0.25, -0.2) is 18.1 Å². The fraction of sp³-hybridized carbons (Fsp3) is 0.111. The molecule has 0 aliphatic carbocycles.